The van der Waals surface area contributed by atoms with Gasteiger partial charge in [0, 0.05) is 18.7 Å². The third-order valence-electron chi connectivity index (χ3n) is 3.27. The molecule has 1 aliphatic rings. The minimum atomic E-state index is -1.16. The van der Waals surface area contributed by atoms with Crippen molar-refractivity contribution in [3.05, 3.63) is 33.9 Å². The van der Waals surface area contributed by atoms with Crippen LogP contribution in [0.3, 0.4) is 0 Å². The maximum atomic E-state index is 13.5. The third kappa shape index (κ3) is 3.37. The predicted molar refractivity (Wildman–Crippen MR) is 67.1 cm³/mol. The molecule has 0 spiro atoms. The van der Waals surface area contributed by atoms with Crippen LogP contribution in [0.15, 0.2) is 12.1 Å². The van der Waals surface area contributed by atoms with Crippen molar-refractivity contribution in [1.82, 2.24) is 5.32 Å². The van der Waals surface area contributed by atoms with Crippen LogP contribution in [-0.4, -0.2) is 24.6 Å². The molecule has 1 aliphatic heterocycles. The van der Waals surface area contributed by atoms with Crippen LogP contribution in [0.5, 0.6) is 0 Å². The first-order valence-electron chi connectivity index (χ1n) is 6.16. The molecular formula is C12H15F2N3O2. The molecule has 7 heteroatoms. The van der Waals surface area contributed by atoms with Gasteiger partial charge in [-0.25, -0.2) is 4.39 Å². The van der Waals surface area contributed by atoms with E-state index >= 15 is 0 Å². The number of nitrogens with zero attached hydrogens (tertiary/aromatic N) is 1. The standard InChI is InChI=1S/C12H15F2N3O2/c13-9-5-10(14)12(17(18)19)6-11(9)16-7-8-1-3-15-4-2-8/h5-6,8,15-16H,1-4,7H2. The Labute approximate surface area is 109 Å². The van der Waals surface area contributed by atoms with Gasteiger partial charge in [0.25, 0.3) is 0 Å². The van der Waals surface area contributed by atoms with Gasteiger partial charge in [0.15, 0.2) is 0 Å². The molecule has 0 aromatic heterocycles. The van der Waals surface area contributed by atoms with Crippen molar-refractivity contribution in [2.45, 2.75) is 12.8 Å². The summed E-state index contributed by atoms with van der Waals surface area (Å²) in [5, 5.41) is 16.6. The lowest BCUT2D eigenvalue weighted by molar-refractivity contribution is -0.387. The summed E-state index contributed by atoms with van der Waals surface area (Å²) in [7, 11) is 0. The largest absolute Gasteiger partial charge is 0.382 e. The summed E-state index contributed by atoms with van der Waals surface area (Å²) in [6.45, 7) is 2.36. The van der Waals surface area contributed by atoms with Gasteiger partial charge in [-0.3, -0.25) is 10.1 Å². The maximum absolute atomic E-state index is 13.5. The van der Waals surface area contributed by atoms with Gasteiger partial charge in [-0.1, -0.05) is 0 Å². The maximum Gasteiger partial charge on any atom is 0.307 e. The number of anilines is 1. The molecule has 2 N–H and O–H groups in total. The van der Waals surface area contributed by atoms with E-state index in [2.05, 4.69) is 10.6 Å². The van der Waals surface area contributed by atoms with Crippen LogP contribution in [0.25, 0.3) is 0 Å². The van der Waals surface area contributed by atoms with Crippen LogP contribution in [0.2, 0.25) is 0 Å². The third-order valence-corrected chi connectivity index (χ3v) is 3.27. The highest BCUT2D eigenvalue weighted by molar-refractivity contribution is 5.53. The first-order chi connectivity index (χ1) is 9.08. The molecule has 0 atom stereocenters. The van der Waals surface area contributed by atoms with Crippen molar-refractivity contribution >= 4 is 11.4 Å². The van der Waals surface area contributed by atoms with Crippen molar-refractivity contribution in [3.8, 4) is 0 Å². The molecule has 1 aromatic carbocycles. The first-order valence-corrected chi connectivity index (χ1v) is 6.16. The van der Waals surface area contributed by atoms with Crippen LogP contribution in [0, 0.1) is 27.7 Å². The summed E-state index contributed by atoms with van der Waals surface area (Å²) in [4.78, 5) is 9.74. The van der Waals surface area contributed by atoms with Gasteiger partial charge in [0.2, 0.25) is 5.82 Å². The fourth-order valence-electron chi connectivity index (χ4n) is 2.15. The van der Waals surface area contributed by atoms with Gasteiger partial charge in [0.05, 0.1) is 10.6 Å². The number of nitrogens with one attached hydrogen (secondary N) is 2. The fourth-order valence-corrected chi connectivity index (χ4v) is 2.15. The van der Waals surface area contributed by atoms with Crippen molar-refractivity contribution < 1.29 is 13.7 Å². The zero-order valence-electron chi connectivity index (χ0n) is 10.3. The van der Waals surface area contributed by atoms with Gasteiger partial charge >= 0.3 is 5.69 Å². The number of rotatable bonds is 4. The number of hydrogen-bond acceptors (Lipinski definition) is 4. The molecule has 2 rings (SSSR count). The van der Waals surface area contributed by atoms with E-state index in [4.69, 9.17) is 0 Å². The Kier molecular flexibility index (Phi) is 4.26. The normalized spacial score (nSPS) is 16.3. The first kappa shape index (κ1) is 13.7. The Bertz CT molecular complexity index is 476. The Morgan fingerprint density at radius 2 is 2.00 bits per heavy atom. The number of hydrogen-bond donors (Lipinski definition) is 2. The lowest BCUT2D eigenvalue weighted by Gasteiger charge is -2.23. The molecular weight excluding hydrogens is 256 g/mol. The molecule has 1 saturated heterocycles. The monoisotopic (exact) mass is 271 g/mol. The minimum Gasteiger partial charge on any atom is -0.382 e. The zero-order valence-corrected chi connectivity index (χ0v) is 10.3. The van der Waals surface area contributed by atoms with E-state index < -0.39 is 22.2 Å². The fraction of sp³-hybridized carbons (Fsp3) is 0.500. The second-order valence-corrected chi connectivity index (χ2v) is 4.61. The summed E-state index contributed by atoms with van der Waals surface area (Å²) in [5.74, 6) is -1.57. The smallest absolute Gasteiger partial charge is 0.307 e. The van der Waals surface area contributed by atoms with Crippen LogP contribution in [0.4, 0.5) is 20.2 Å². The molecule has 0 amide bonds. The van der Waals surface area contributed by atoms with Crippen molar-refractivity contribution in [3.63, 3.8) is 0 Å². The van der Waals surface area contributed by atoms with Crippen molar-refractivity contribution in [2.24, 2.45) is 5.92 Å². The van der Waals surface area contributed by atoms with E-state index in [1.165, 1.54) is 0 Å². The van der Waals surface area contributed by atoms with Crippen molar-refractivity contribution in [1.29, 1.82) is 0 Å². The van der Waals surface area contributed by atoms with Gasteiger partial charge in [0.1, 0.15) is 5.82 Å². The molecule has 0 radical (unpaired) electrons. The van der Waals surface area contributed by atoms with Crippen LogP contribution in [0.1, 0.15) is 12.8 Å². The Morgan fingerprint density at radius 1 is 1.32 bits per heavy atom. The second-order valence-electron chi connectivity index (χ2n) is 4.61. The lowest BCUT2D eigenvalue weighted by Crippen LogP contribution is -2.31. The molecule has 1 heterocycles. The Hall–Kier alpha value is -1.76. The molecule has 0 saturated carbocycles. The molecule has 0 bridgehead atoms. The highest BCUT2D eigenvalue weighted by atomic mass is 19.1. The number of nitro groups is 1. The molecule has 1 aromatic rings. The summed E-state index contributed by atoms with van der Waals surface area (Å²) < 4.78 is 26.7. The highest BCUT2D eigenvalue weighted by Gasteiger charge is 2.19. The van der Waals surface area contributed by atoms with E-state index in [0.29, 0.717) is 18.5 Å². The van der Waals surface area contributed by atoms with Gasteiger partial charge < -0.3 is 10.6 Å². The van der Waals surface area contributed by atoms with Crippen LogP contribution >= 0.6 is 0 Å². The zero-order chi connectivity index (χ0) is 13.8. The Balaban J connectivity index is 2.06. The summed E-state index contributed by atoms with van der Waals surface area (Å²) >= 11 is 0. The SMILES string of the molecule is O=[N+]([O-])c1cc(NCC2CCNCC2)c(F)cc1F. The van der Waals surface area contributed by atoms with Crippen LogP contribution in [-0.2, 0) is 0 Å². The predicted octanol–water partition coefficient (Wildman–Crippen LogP) is 2.28. The van der Waals surface area contributed by atoms with Gasteiger partial charge in [-0.2, -0.15) is 4.39 Å². The van der Waals surface area contributed by atoms with E-state index in [9.17, 15) is 18.9 Å². The molecule has 0 unspecified atom stereocenters. The summed E-state index contributed by atoms with van der Waals surface area (Å²) in [6, 6.07) is 1.45. The van der Waals surface area contributed by atoms with Crippen molar-refractivity contribution in [2.75, 3.05) is 25.0 Å². The van der Waals surface area contributed by atoms with Gasteiger partial charge in [-0.05, 0) is 31.8 Å². The van der Waals surface area contributed by atoms with E-state index in [0.717, 1.165) is 32.0 Å². The molecule has 5 nitrogen and oxygen atoms in total. The number of halogens is 2. The molecule has 19 heavy (non-hydrogen) atoms. The lowest BCUT2D eigenvalue weighted by atomic mass is 9.98. The highest BCUT2D eigenvalue weighted by Crippen LogP contribution is 2.25. The number of benzene rings is 1. The average Bonchev–Trinajstić information content (AvgIpc) is 2.38. The molecule has 1 fully saturated rings. The summed E-state index contributed by atoms with van der Waals surface area (Å²) in [5.41, 5.74) is -0.735. The van der Waals surface area contributed by atoms with Gasteiger partial charge in [-0.15, -0.1) is 0 Å². The molecule has 0 aliphatic carbocycles. The second kappa shape index (κ2) is 5.92. The minimum absolute atomic E-state index is 0.0216. The Morgan fingerprint density at radius 3 is 2.63 bits per heavy atom. The van der Waals surface area contributed by atoms with E-state index in [1.807, 2.05) is 0 Å². The number of nitro benzene ring substituents is 1. The average molecular weight is 271 g/mol. The quantitative estimate of drug-likeness (QED) is 0.651. The summed E-state index contributed by atoms with van der Waals surface area (Å²) in [6.07, 6.45) is 1.94. The van der Waals surface area contributed by atoms with Crippen LogP contribution < -0.4 is 10.6 Å². The molecule has 104 valence electrons. The van der Waals surface area contributed by atoms with E-state index in [-0.39, 0.29) is 5.69 Å². The number of piperidine rings is 1. The topological polar surface area (TPSA) is 67.2 Å². The van der Waals surface area contributed by atoms with E-state index in [1.54, 1.807) is 0 Å².